The van der Waals surface area contributed by atoms with Crippen LogP contribution in [0.3, 0.4) is 0 Å². The van der Waals surface area contributed by atoms with E-state index in [2.05, 4.69) is 49.3 Å². The van der Waals surface area contributed by atoms with Gasteiger partial charge in [-0.05, 0) is 39.6 Å². The van der Waals surface area contributed by atoms with Crippen molar-refractivity contribution in [2.75, 3.05) is 52.4 Å². The number of carbonyl (C=O) groups is 1. The Morgan fingerprint density at radius 2 is 1.25 bits per heavy atom. The molecule has 120 valence electrons. The maximum absolute atomic E-state index is 11.9. The Morgan fingerprint density at radius 1 is 0.800 bits per heavy atom. The molecule has 0 rings (SSSR count). The first-order valence-corrected chi connectivity index (χ1v) is 8.22. The number of rotatable bonds is 12. The van der Waals surface area contributed by atoms with Crippen molar-refractivity contribution in [3.63, 3.8) is 0 Å². The van der Waals surface area contributed by atoms with Gasteiger partial charge in [0.05, 0.1) is 6.04 Å². The fourth-order valence-electron chi connectivity index (χ4n) is 2.61. The van der Waals surface area contributed by atoms with Gasteiger partial charge in [0.2, 0.25) is 0 Å². The van der Waals surface area contributed by atoms with E-state index in [1.165, 1.54) is 0 Å². The van der Waals surface area contributed by atoms with Gasteiger partial charge in [0.1, 0.15) is 5.78 Å². The molecule has 20 heavy (non-hydrogen) atoms. The highest BCUT2D eigenvalue weighted by Gasteiger charge is 2.22. The fourth-order valence-corrected chi connectivity index (χ4v) is 2.61. The summed E-state index contributed by atoms with van der Waals surface area (Å²) in [4.78, 5) is 19.0. The average Bonchev–Trinajstić information content (AvgIpc) is 2.45. The maximum Gasteiger partial charge on any atom is 0.148 e. The van der Waals surface area contributed by atoms with Crippen molar-refractivity contribution in [2.45, 2.75) is 47.6 Å². The van der Waals surface area contributed by atoms with E-state index in [-0.39, 0.29) is 11.8 Å². The van der Waals surface area contributed by atoms with E-state index in [1.54, 1.807) is 6.92 Å². The lowest BCUT2D eigenvalue weighted by Gasteiger charge is -2.33. The van der Waals surface area contributed by atoms with Crippen LogP contribution in [-0.4, -0.2) is 78.9 Å². The quantitative estimate of drug-likeness (QED) is 0.548. The predicted molar refractivity (Wildman–Crippen MR) is 87.3 cm³/mol. The molecule has 0 amide bonds. The van der Waals surface area contributed by atoms with Crippen LogP contribution in [0.25, 0.3) is 0 Å². The molecule has 0 saturated carbocycles. The first-order valence-electron chi connectivity index (χ1n) is 8.22. The summed E-state index contributed by atoms with van der Waals surface area (Å²) in [5.41, 5.74) is 0. The van der Waals surface area contributed by atoms with Crippen LogP contribution >= 0.6 is 0 Å². The molecular formula is C16H35N3O. The van der Waals surface area contributed by atoms with Crippen molar-refractivity contribution in [3.05, 3.63) is 0 Å². The predicted octanol–water partition coefficient (Wildman–Crippen LogP) is 1.95. The molecule has 0 heterocycles. The maximum atomic E-state index is 11.9. The Balaban J connectivity index is 4.52. The molecule has 0 aliphatic carbocycles. The van der Waals surface area contributed by atoms with Gasteiger partial charge in [-0.3, -0.25) is 9.69 Å². The first-order chi connectivity index (χ1) is 9.53. The number of ketones is 1. The summed E-state index contributed by atoms with van der Waals surface area (Å²) in [5, 5.41) is 0. The van der Waals surface area contributed by atoms with Crippen molar-refractivity contribution in [2.24, 2.45) is 0 Å². The lowest BCUT2D eigenvalue weighted by Crippen LogP contribution is -2.49. The number of carbonyl (C=O) groups excluding carboxylic acids is 1. The minimum atomic E-state index is 0.0432. The summed E-state index contributed by atoms with van der Waals surface area (Å²) in [6, 6.07) is 0.0432. The van der Waals surface area contributed by atoms with E-state index in [0.717, 1.165) is 52.4 Å². The Kier molecular flexibility index (Phi) is 11.0. The van der Waals surface area contributed by atoms with Crippen molar-refractivity contribution in [3.8, 4) is 0 Å². The minimum Gasteiger partial charge on any atom is -0.303 e. The molecule has 0 aromatic carbocycles. The largest absolute Gasteiger partial charge is 0.303 e. The molecule has 0 aliphatic rings. The van der Waals surface area contributed by atoms with Gasteiger partial charge >= 0.3 is 0 Å². The summed E-state index contributed by atoms with van der Waals surface area (Å²) in [7, 11) is 0. The van der Waals surface area contributed by atoms with Crippen LogP contribution in [0.15, 0.2) is 0 Å². The summed E-state index contributed by atoms with van der Waals surface area (Å²) in [6.07, 6.45) is 0. The van der Waals surface area contributed by atoms with Crippen molar-refractivity contribution in [1.82, 2.24) is 14.7 Å². The molecular weight excluding hydrogens is 250 g/mol. The third-order valence-electron chi connectivity index (χ3n) is 4.23. The lowest BCUT2D eigenvalue weighted by molar-refractivity contribution is -0.122. The van der Waals surface area contributed by atoms with Crippen LogP contribution < -0.4 is 0 Å². The van der Waals surface area contributed by atoms with E-state index >= 15 is 0 Å². The Labute approximate surface area is 126 Å². The number of hydrogen-bond acceptors (Lipinski definition) is 4. The Morgan fingerprint density at radius 3 is 1.60 bits per heavy atom. The second-order valence-corrected chi connectivity index (χ2v) is 5.27. The smallest absolute Gasteiger partial charge is 0.148 e. The molecule has 0 saturated heterocycles. The summed E-state index contributed by atoms with van der Waals surface area (Å²) in [6.45, 7) is 20.6. The molecule has 1 unspecified atom stereocenters. The van der Waals surface area contributed by atoms with Gasteiger partial charge in [-0.1, -0.05) is 34.6 Å². The standard InChI is InChI=1S/C16H35N3O/c1-7-17(8-2)12-13-18(9-3)14-16(15(6)20)19(10-4)11-5/h16H,7-14H2,1-6H3. The highest BCUT2D eigenvalue weighted by molar-refractivity contribution is 5.81. The molecule has 0 aliphatic heterocycles. The van der Waals surface area contributed by atoms with Crippen LogP contribution in [0.2, 0.25) is 0 Å². The monoisotopic (exact) mass is 285 g/mol. The van der Waals surface area contributed by atoms with Crippen LogP contribution in [-0.2, 0) is 4.79 Å². The van der Waals surface area contributed by atoms with Crippen LogP contribution in [0, 0.1) is 0 Å². The van der Waals surface area contributed by atoms with Gasteiger partial charge in [-0.2, -0.15) is 0 Å². The van der Waals surface area contributed by atoms with E-state index in [4.69, 9.17) is 0 Å². The number of likely N-dealkylation sites (N-methyl/N-ethyl adjacent to an activating group) is 3. The number of Topliss-reactive ketones (excluding diaryl/α,β-unsaturated/α-hetero) is 1. The zero-order valence-electron chi connectivity index (χ0n) is 14.5. The highest BCUT2D eigenvalue weighted by Crippen LogP contribution is 2.05. The minimum absolute atomic E-state index is 0.0432. The van der Waals surface area contributed by atoms with Gasteiger partial charge in [0, 0.05) is 19.6 Å². The zero-order chi connectivity index (χ0) is 15.5. The molecule has 0 spiro atoms. The van der Waals surface area contributed by atoms with Crippen LogP contribution in [0.5, 0.6) is 0 Å². The number of nitrogens with zero attached hydrogens (tertiary/aromatic N) is 3. The molecule has 0 bridgehead atoms. The van der Waals surface area contributed by atoms with Gasteiger partial charge in [0.25, 0.3) is 0 Å². The van der Waals surface area contributed by atoms with Crippen molar-refractivity contribution in [1.29, 1.82) is 0 Å². The first kappa shape index (κ1) is 19.6. The van der Waals surface area contributed by atoms with Crippen LogP contribution in [0.1, 0.15) is 41.5 Å². The third kappa shape index (κ3) is 6.82. The SMILES string of the molecule is CCN(CC)CCN(CC)CC(C(C)=O)N(CC)CC. The van der Waals surface area contributed by atoms with Gasteiger partial charge in [0.15, 0.2) is 0 Å². The molecule has 1 atom stereocenters. The second-order valence-electron chi connectivity index (χ2n) is 5.27. The normalized spacial score (nSPS) is 13.4. The van der Waals surface area contributed by atoms with E-state index < -0.39 is 0 Å². The topological polar surface area (TPSA) is 26.8 Å². The van der Waals surface area contributed by atoms with Crippen molar-refractivity contribution >= 4 is 5.78 Å². The molecule has 0 fully saturated rings. The molecule has 0 N–H and O–H groups in total. The van der Waals surface area contributed by atoms with E-state index in [1.807, 2.05) is 0 Å². The fraction of sp³-hybridized carbons (Fsp3) is 0.938. The Hall–Kier alpha value is -0.450. The lowest BCUT2D eigenvalue weighted by atomic mass is 10.1. The van der Waals surface area contributed by atoms with Crippen molar-refractivity contribution < 1.29 is 4.79 Å². The molecule has 4 nitrogen and oxygen atoms in total. The molecule has 0 aromatic rings. The highest BCUT2D eigenvalue weighted by atomic mass is 16.1. The molecule has 0 aromatic heterocycles. The van der Waals surface area contributed by atoms with E-state index in [9.17, 15) is 4.79 Å². The van der Waals surface area contributed by atoms with Crippen LogP contribution in [0.4, 0.5) is 0 Å². The van der Waals surface area contributed by atoms with E-state index in [0.29, 0.717) is 0 Å². The summed E-state index contributed by atoms with van der Waals surface area (Å²) in [5.74, 6) is 0.287. The Bertz CT molecular complexity index is 250. The van der Waals surface area contributed by atoms with Gasteiger partial charge in [-0.25, -0.2) is 0 Å². The summed E-state index contributed by atoms with van der Waals surface area (Å²) < 4.78 is 0. The van der Waals surface area contributed by atoms with Gasteiger partial charge in [-0.15, -0.1) is 0 Å². The zero-order valence-corrected chi connectivity index (χ0v) is 14.5. The second kappa shape index (κ2) is 11.2. The molecule has 0 radical (unpaired) electrons. The summed E-state index contributed by atoms with van der Waals surface area (Å²) >= 11 is 0. The molecule has 4 heteroatoms. The van der Waals surface area contributed by atoms with Gasteiger partial charge < -0.3 is 9.80 Å². The third-order valence-corrected chi connectivity index (χ3v) is 4.23. The number of hydrogen-bond donors (Lipinski definition) is 0. The average molecular weight is 285 g/mol.